The molecule has 2 N–H and O–H groups in total. The lowest BCUT2D eigenvalue weighted by Crippen LogP contribution is -2.48. The molecule has 4 heteroatoms. The second-order valence-corrected chi connectivity index (χ2v) is 8.74. The van der Waals surface area contributed by atoms with E-state index in [-0.39, 0.29) is 5.91 Å². The van der Waals surface area contributed by atoms with E-state index in [1.165, 1.54) is 0 Å². The third kappa shape index (κ3) is 2.38. The van der Waals surface area contributed by atoms with Crippen molar-refractivity contribution >= 4 is 28.2 Å². The van der Waals surface area contributed by atoms with Gasteiger partial charge in [-0.1, -0.05) is 84.9 Å². The number of amides is 1. The van der Waals surface area contributed by atoms with Crippen LogP contribution in [-0.2, 0) is 16.9 Å². The molecule has 0 unspecified atom stereocenters. The maximum absolute atomic E-state index is 14.5. The van der Waals surface area contributed by atoms with Crippen LogP contribution < -0.4 is 10.2 Å². The molecule has 1 spiro atoms. The number of aromatic amines is 1. The van der Waals surface area contributed by atoms with E-state index in [1.54, 1.807) is 0 Å². The van der Waals surface area contributed by atoms with Gasteiger partial charge in [0.25, 0.3) is 5.91 Å². The van der Waals surface area contributed by atoms with E-state index >= 15 is 0 Å². The second-order valence-electron chi connectivity index (χ2n) is 8.74. The van der Waals surface area contributed by atoms with Gasteiger partial charge < -0.3 is 15.2 Å². The normalized spacial score (nSPS) is 18.2. The number of carbonyl (C=O) groups is 1. The summed E-state index contributed by atoms with van der Waals surface area (Å²) in [4.78, 5) is 20.1. The highest BCUT2D eigenvalue weighted by molar-refractivity contribution is 6.17. The predicted molar refractivity (Wildman–Crippen MR) is 132 cm³/mol. The van der Waals surface area contributed by atoms with Gasteiger partial charge >= 0.3 is 0 Å². The van der Waals surface area contributed by atoms with Crippen LogP contribution in [0.3, 0.4) is 0 Å². The number of fused-ring (bicyclic) bond motifs is 8. The minimum Gasteiger partial charge on any atom is -0.363 e. The maximum Gasteiger partial charge on any atom is 0.262 e. The first-order chi connectivity index (χ1) is 16.3. The minimum absolute atomic E-state index is 0.0491. The summed E-state index contributed by atoms with van der Waals surface area (Å²) in [6.07, 6.45) is 0. The number of rotatable bonds is 2. The van der Waals surface area contributed by atoms with Crippen molar-refractivity contribution < 1.29 is 4.79 Å². The van der Waals surface area contributed by atoms with Gasteiger partial charge in [0.1, 0.15) is 0 Å². The number of para-hydroxylation sites is 3. The Labute approximate surface area is 191 Å². The lowest BCUT2D eigenvalue weighted by molar-refractivity contribution is -0.121. The maximum atomic E-state index is 14.5. The van der Waals surface area contributed by atoms with Gasteiger partial charge in [-0.2, -0.15) is 0 Å². The lowest BCUT2D eigenvalue weighted by atomic mass is 9.78. The highest BCUT2D eigenvalue weighted by atomic mass is 16.2. The molecule has 0 saturated carbocycles. The fourth-order valence-corrected chi connectivity index (χ4v) is 5.55. The Balaban J connectivity index is 1.53. The van der Waals surface area contributed by atoms with Crippen LogP contribution in [0.1, 0.15) is 16.7 Å². The van der Waals surface area contributed by atoms with E-state index in [4.69, 9.17) is 0 Å². The van der Waals surface area contributed by atoms with Gasteiger partial charge in [0.05, 0.1) is 17.9 Å². The molecule has 2 aliphatic heterocycles. The van der Waals surface area contributed by atoms with Gasteiger partial charge in [0.15, 0.2) is 5.54 Å². The molecule has 4 nitrogen and oxygen atoms in total. The van der Waals surface area contributed by atoms with Crippen LogP contribution in [0.25, 0.3) is 22.2 Å². The molecule has 0 radical (unpaired) electrons. The molecule has 5 aromatic rings. The Morgan fingerprint density at radius 2 is 1.48 bits per heavy atom. The molecule has 2 aliphatic rings. The summed E-state index contributed by atoms with van der Waals surface area (Å²) in [5, 5.41) is 4.79. The Morgan fingerprint density at radius 3 is 2.39 bits per heavy atom. The first-order valence-corrected chi connectivity index (χ1v) is 11.2. The van der Waals surface area contributed by atoms with Crippen molar-refractivity contribution in [3.63, 3.8) is 0 Å². The van der Waals surface area contributed by atoms with Crippen LogP contribution in [0, 0.1) is 0 Å². The quantitative estimate of drug-likeness (QED) is 0.360. The number of anilines is 2. The van der Waals surface area contributed by atoms with E-state index < -0.39 is 5.54 Å². The molecule has 0 aliphatic carbocycles. The van der Waals surface area contributed by atoms with Gasteiger partial charge in [-0.05, 0) is 23.8 Å². The number of hydrogen-bond donors (Lipinski definition) is 2. The fraction of sp³-hybridized carbons (Fsp3) is 0.0690. The van der Waals surface area contributed by atoms with Gasteiger partial charge in [-0.15, -0.1) is 0 Å². The average Bonchev–Trinajstić information content (AvgIpc) is 3.36. The first kappa shape index (κ1) is 18.3. The molecular formula is C29H21N3O. The van der Waals surface area contributed by atoms with Crippen molar-refractivity contribution in [1.29, 1.82) is 0 Å². The number of nitrogens with zero attached hydrogens (tertiary/aromatic N) is 1. The van der Waals surface area contributed by atoms with Crippen molar-refractivity contribution in [1.82, 2.24) is 4.98 Å². The summed E-state index contributed by atoms with van der Waals surface area (Å²) in [6, 6.07) is 34.8. The Morgan fingerprint density at radius 1 is 0.758 bits per heavy atom. The van der Waals surface area contributed by atoms with Gasteiger partial charge in [-0.3, -0.25) is 4.79 Å². The van der Waals surface area contributed by atoms with Crippen LogP contribution in [0.15, 0.2) is 103 Å². The summed E-state index contributed by atoms with van der Waals surface area (Å²) in [7, 11) is 0. The van der Waals surface area contributed by atoms with E-state index in [9.17, 15) is 4.79 Å². The summed E-state index contributed by atoms with van der Waals surface area (Å²) in [6.45, 7) is 0.527. The van der Waals surface area contributed by atoms with Crippen LogP contribution in [-0.4, -0.2) is 10.9 Å². The van der Waals surface area contributed by atoms with E-state index in [0.29, 0.717) is 6.54 Å². The third-order valence-electron chi connectivity index (χ3n) is 6.95. The number of nitrogens with one attached hydrogen (secondary N) is 2. The molecule has 1 atom stereocenters. The fourth-order valence-electron chi connectivity index (χ4n) is 5.55. The molecule has 0 saturated heterocycles. The SMILES string of the molecule is O=C1N(Cc2ccccc2)c2ccccc2[C@@]12Nc1ccccc1-c1[nH]c3ccccc3c12. The molecule has 4 aromatic carbocycles. The Kier molecular flexibility index (Phi) is 3.65. The first-order valence-electron chi connectivity index (χ1n) is 11.2. The van der Waals surface area contributed by atoms with Crippen LogP contribution in [0.5, 0.6) is 0 Å². The van der Waals surface area contributed by atoms with Crippen molar-refractivity contribution in [2.45, 2.75) is 12.1 Å². The Bertz CT molecular complexity index is 1550. The van der Waals surface area contributed by atoms with E-state index in [0.717, 1.165) is 50.2 Å². The van der Waals surface area contributed by atoms with Crippen LogP contribution >= 0.6 is 0 Å². The molecule has 0 bridgehead atoms. The smallest absolute Gasteiger partial charge is 0.262 e. The Hall–Kier alpha value is -4.31. The van der Waals surface area contributed by atoms with E-state index in [1.807, 2.05) is 59.5 Å². The molecular weight excluding hydrogens is 406 g/mol. The molecule has 33 heavy (non-hydrogen) atoms. The lowest BCUT2D eigenvalue weighted by Gasteiger charge is -2.36. The summed E-state index contributed by atoms with van der Waals surface area (Å²) >= 11 is 0. The highest BCUT2D eigenvalue weighted by Gasteiger charge is 2.56. The van der Waals surface area contributed by atoms with Gasteiger partial charge in [0, 0.05) is 33.3 Å². The monoisotopic (exact) mass is 427 g/mol. The van der Waals surface area contributed by atoms with Crippen molar-refractivity contribution in [3.05, 3.63) is 120 Å². The molecule has 7 rings (SSSR count). The molecule has 0 fully saturated rings. The van der Waals surface area contributed by atoms with Crippen LogP contribution in [0.4, 0.5) is 11.4 Å². The van der Waals surface area contributed by atoms with Gasteiger partial charge in [0.2, 0.25) is 0 Å². The molecule has 3 heterocycles. The largest absolute Gasteiger partial charge is 0.363 e. The zero-order valence-electron chi connectivity index (χ0n) is 17.9. The van der Waals surface area contributed by atoms with Crippen molar-refractivity contribution in [2.75, 3.05) is 10.2 Å². The zero-order valence-corrected chi connectivity index (χ0v) is 17.9. The summed E-state index contributed by atoms with van der Waals surface area (Å²) in [5.74, 6) is 0.0491. The topological polar surface area (TPSA) is 48.1 Å². The minimum atomic E-state index is -0.991. The number of carbonyl (C=O) groups excluding carboxylic acids is 1. The number of benzene rings is 4. The van der Waals surface area contributed by atoms with Gasteiger partial charge in [-0.25, -0.2) is 0 Å². The third-order valence-corrected chi connectivity index (χ3v) is 6.95. The zero-order chi connectivity index (χ0) is 22.0. The number of hydrogen-bond acceptors (Lipinski definition) is 2. The molecule has 1 aromatic heterocycles. The number of H-pyrrole nitrogens is 1. The van der Waals surface area contributed by atoms with E-state index in [2.05, 4.69) is 58.8 Å². The summed E-state index contributed by atoms with van der Waals surface area (Å²) in [5.41, 5.74) is 7.15. The molecule has 1 amide bonds. The second kappa shape index (κ2) is 6.59. The summed E-state index contributed by atoms with van der Waals surface area (Å²) < 4.78 is 0. The molecule has 158 valence electrons. The number of aromatic nitrogens is 1. The average molecular weight is 428 g/mol. The van der Waals surface area contributed by atoms with Crippen molar-refractivity contribution in [3.8, 4) is 11.3 Å². The predicted octanol–water partition coefficient (Wildman–Crippen LogP) is 6.05. The van der Waals surface area contributed by atoms with Crippen LogP contribution in [0.2, 0.25) is 0 Å². The highest BCUT2D eigenvalue weighted by Crippen LogP contribution is 2.55. The van der Waals surface area contributed by atoms with Crippen molar-refractivity contribution in [2.24, 2.45) is 0 Å². The standard InChI is InChI=1S/C29H21N3O/c33-28-29(22-14-6-9-17-25(22)32(28)18-19-10-2-1-3-11-19)26-20-12-4-7-15-23(20)30-27(26)21-13-5-8-16-24(21)31-29/h1-17,30-31H,18H2/t29-/m0/s1.